The van der Waals surface area contributed by atoms with E-state index in [-0.39, 0.29) is 11.9 Å². The third-order valence-corrected chi connectivity index (χ3v) is 3.30. The summed E-state index contributed by atoms with van der Waals surface area (Å²) in [6.07, 6.45) is 4.30. The summed E-state index contributed by atoms with van der Waals surface area (Å²) in [5, 5.41) is 12.5. The average molecular weight is 242 g/mol. The standard InChI is InChI=1S/C13H26N2O2/c1-10(2)15(8-11(3)16)9-13(17)14-12-6-4-5-7-12/h10-12,16H,4-9H2,1-3H3,(H,14,17). The zero-order chi connectivity index (χ0) is 12.8. The van der Waals surface area contributed by atoms with Gasteiger partial charge in [0.15, 0.2) is 0 Å². The smallest absolute Gasteiger partial charge is 0.234 e. The summed E-state index contributed by atoms with van der Waals surface area (Å²) in [6, 6.07) is 0.655. The first kappa shape index (κ1) is 14.5. The summed E-state index contributed by atoms with van der Waals surface area (Å²) in [4.78, 5) is 13.9. The van der Waals surface area contributed by atoms with Gasteiger partial charge in [-0.2, -0.15) is 0 Å². The van der Waals surface area contributed by atoms with Gasteiger partial charge in [-0.25, -0.2) is 0 Å². The fraction of sp³-hybridized carbons (Fsp3) is 0.923. The number of hydrogen-bond acceptors (Lipinski definition) is 3. The van der Waals surface area contributed by atoms with Crippen LogP contribution in [0.1, 0.15) is 46.5 Å². The van der Waals surface area contributed by atoms with Crippen molar-refractivity contribution in [3.63, 3.8) is 0 Å². The number of carbonyl (C=O) groups excluding carboxylic acids is 1. The predicted octanol–water partition coefficient (Wildman–Crippen LogP) is 1.14. The Labute approximate surface area is 104 Å². The number of nitrogens with one attached hydrogen (secondary N) is 1. The van der Waals surface area contributed by atoms with Gasteiger partial charge >= 0.3 is 0 Å². The first-order chi connectivity index (χ1) is 7.99. The molecule has 0 spiro atoms. The van der Waals surface area contributed by atoms with Crippen LogP contribution in [-0.4, -0.2) is 47.2 Å². The van der Waals surface area contributed by atoms with Crippen LogP contribution in [0.2, 0.25) is 0 Å². The highest BCUT2D eigenvalue weighted by Gasteiger charge is 2.20. The second-order valence-electron chi connectivity index (χ2n) is 5.42. The van der Waals surface area contributed by atoms with Gasteiger partial charge in [0.2, 0.25) is 5.91 Å². The third-order valence-electron chi connectivity index (χ3n) is 3.30. The molecule has 0 bridgehead atoms. The van der Waals surface area contributed by atoms with Crippen LogP contribution in [0.25, 0.3) is 0 Å². The quantitative estimate of drug-likeness (QED) is 0.734. The second kappa shape index (κ2) is 6.97. The van der Waals surface area contributed by atoms with Crippen molar-refractivity contribution in [1.29, 1.82) is 0 Å². The molecule has 1 unspecified atom stereocenters. The highest BCUT2D eigenvalue weighted by molar-refractivity contribution is 5.78. The SMILES string of the molecule is CC(O)CN(CC(=O)NC1CCCC1)C(C)C. The zero-order valence-electron chi connectivity index (χ0n) is 11.3. The lowest BCUT2D eigenvalue weighted by Crippen LogP contribution is -2.45. The lowest BCUT2D eigenvalue weighted by Gasteiger charge is -2.27. The molecule has 1 amide bonds. The van der Waals surface area contributed by atoms with Gasteiger partial charge < -0.3 is 10.4 Å². The number of hydrogen-bond donors (Lipinski definition) is 2. The number of rotatable bonds is 6. The summed E-state index contributed by atoms with van der Waals surface area (Å²) in [6.45, 7) is 6.79. The minimum atomic E-state index is -0.392. The van der Waals surface area contributed by atoms with Crippen molar-refractivity contribution in [2.75, 3.05) is 13.1 Å². The average Bonchev–Trinajstić information content (AvgIpc) is 2.68. The third kappa shape index (κ3) is 5.50. The first-order valence-corrected chi connectivity index (χ1v) is 6.70. The summed E-state index contributed by atoms with van der Waals surface area (Å²) >= 11 is 0. The maximum atomic E-state index is 11.9. The van der Waals surface area contributed by atoms with Crippen molar-refractivity contribution in [3.8, 4) is 0 Å². The van der Waals surface area contributed by atoms with Gasteiger partial charge in [-0.1, -0.05) is 12.8 Å². The maximum Gasteiger partial charge on any atom is 0.234 e. The lowest BCUT2D eigenvalue weighted by molar-refractivity contribution is -0.123. The molecule has 0 aliphatic heterocycles. The Morgan fingerprint density at radius 2 is 1.94 bits per heavy atom. The first-order valence-electron chi connectivity index (χ1n) is 6.70. The van der Waals surface area contributed by atoms with Crippen LogP contribution < -0.4 is 5.32 Å². The van der Waals surface area contributed by atoms with Crippen molar-refractivity contribution in [2.24, 2.45) is 0 Å². The van der Waals surface area contributed by atoms with Crippen LogP contribution in [-0.2, 0) is 4.79 Å². The molecule has 1 atom stereocenters. The van der Waals surface area contributed by atoms with E-state index in [0.29, 0.717) is 19.1 Å². The van der Waals surface area contributed by atoms with Crippen molar-refractivity contribution in [2.45, 2.75) is 64.6 Å². The normalized spacial score (nSPS) is 18.9. The van der Waals surface area contributed by atoms with E-state index in [0.717, 1.165) is 12.8 Å². The van der Waals surface area contributed by atoms with Gasteiger partial charge in [0.25, 0.3) is 0 Å². The molecule has 0 aromatic rings. The Morgan fingerprint density at radius 1 is 1.35 bits per heavy atom. The minimum absolute atomic E-state index is 0.0891. The Bertz CT molecular complexity index is 236. The highest BCUT2D eigenvalue weighted by Crippen LogP contribution is 2.17. The minimum Gasteiger partial charge on any atom is -0.392 e. The van der Waals surface area contributed by atoms with Gasteiger partial charge in [0, 0.05) is 18.6 Å². The molecule has 1 fully saturated rings. The van der Waals surface area contributed by atoms with Gasteiger partial charge in [-0.3, -0.25) is 9.69 Å². The molecule has 2 N–H and O–H groups in total. The lowest BCUT2D eigenvalue weighted by atomic mass is 10.2. The number of carbonyl (C=O) groups is 1. The molecule has 1 aliphatic rings. The Morgan fingerprint density at radius 3 is 2.41 bits per heavy atom. The molecule has 4 heteroatoms. The Balaban J connectivity index is 2.34. The fourth-order valence-corrected chi connectivity index (χ4v) is 2.33. The van der Waals surface area contributed by atoms with Crippen LogP contribution in [0.3, 0.4) is 0 Å². The predicted molar refractivity (Wildman–Crippen MR) is 68.8 cm³/mol. The number of nitrogens with zero attached hydrogens (tertiary/aromatic N) is 1. The topological polar surface area (TPSA) is 52.6 Å². The number of aliphatic hydroxyl groups excluding tert-OH is 1. The molecule has 0 heterocycles. The fourth-order valence-electron chi connectivity index (χ4n) is 2.33. The Kier molecular flexibility index (Phi) is 5.92. The number of aliphatic hydroxyl groups is 1. The van der Waals surface area contributed by atoms with Crippen molar-refractivity contribution in [1.82, 2.24) is 10.2 Å². The molecular formula is C13H26N2O2. The molecule has 0 radical (unpaired) electrons. The van der Waals surface area contributed by atoms with Crippen LogP contribution in [0.4, 0.5) is 0 Å². The van der Waals surface area contributed by atoms with Crippen molar-refractivity contribution in [3.05, 3.63) is 0 Å². The molecule has 17 heavy (non-hydrogen) atoms. The maximum absolute atomic E-state index is 11.9. The molecule has 4 nitrogen and oxygen atoms in total. The van der Waals surface area contributed by atoms with Gasteiger partial charge in [-0.15, -0.1) is 0 Å². The monoisotopic (exact) mass is 242 g/mol. The molecule has 1 aliphatic carbocycles. The van der Waals surface area contributed by atoms with Gasteiger partial charge in [0.1, 0.15) is 0 Å². The van der Waals surface area contributed by atoms with Crippen molar-refractivity contribution < 1.29 is 9.90 Å². The van der Waals surface area contributed by atoms with Crippen LogP contribution in [0.15, 0.2) is 0 Å². The molecule has 0 aromatic carbocycles. The van der Waals surface area contributed by atoms with E-state index in [1.165, 1.54) is 12.8 Å². The summed E-state index contributed by atoms with van der Waals surface area (Å²) in [5.41, 5.74) is 0. The van der Waals surface area contributed by atoms with E-state index in [2.05, 4.69) is 5.32 Å². The molecule has 0 saturated heterocycles. The van der Waals surface area contributed by atoms with E-state index in [1.54, 1.807) is 6.92 Å². The van der Waals surface area contributed by atoms with E-state index in [4.69, 9.17) is 0 Å². The Hall–Kier alpha value is -0.610. The van der Waals surface area contributed by atoms with E-state index in [9.17, 15) is 9.90 Å². The highest BCUT2D eigenvalue weighted by atomic mass is 16.3. The van der Waals surface area contributed by atoms with Crippen LogP contribution in [0, 0.1) is 0 Å². The molecule has 100 valence electrons. The van der Waals surface area contributed by atoms with Crippen molar-refractivity contribution >= 4 is 5.91 Å². The van der Waals surface area contributed by atoms with Gasteiger partial charge in [0.05, 0.1) is 12.6 Å². The summed E-state index contributed by atoms with van der Waals surface area (Å²) < 4.78 is 0. The van der Waals surface area contributed by atoms with Crippen LogP contribution in [0.5, 0.6) is 0 Å². The van der Waals surface area contributed by atoms with E-state index >= 15 is 0 Å². The summed E-state index contributed by atoms with van der Waals surface area (Å²) in [5.74, 6) is 0.0891. The largest absolute Gasteiger partial charge is 0.392 e. The number of amides is 1. The molecular weight excluding hydrogens is 216 g/mol. The molecule has 0 aromatic heterocycles. The second-order valence-corrected chi connectivity index (χ2v) is 5.42. The van der Waals surface area contributed by atoms with Crippen LogP contribution >= 0.6 is 0 Å². The zero-order valence-corrected chi connectivity index (χ0v) is 11.3. The molecule has 1 rings (SSSR count). The summed E-state index contributed by atoms with van der Waals surface area (Å²) in [7, 11) is 0. The van der Waals surface area contributed by atoms with E-state index < -0.39 is 6.10 Å². The van der Waals surface area contributed by atoms with E-state index in [1.807, 2.05) is 18.7 Å². The van der Waals surface area contributed by atoms with Gasteiger partial charge in [-0.05, 0) is 33.6 Å². The molecule has 1 saturated carbocycles.